The summed E-state index contributed by atoms with van der Waals surface area (Å²) < 4.78 is 16.4. The standard InChI is InChI=1S/C17H17NO3/c1-19-14-4-3-13(17(10-14)20-2)11-21-15-5-6-16-12(9-15)7-8-18-16/h3-10,18H,11H2,1-2H3. The Kier molecular flexibility index (Phi) is 3.69. The van der Waals surface area contributed by atoms with Gasteiger partial charge in [-0.1, -0.05) is 0 Å². The molecule has 0 aliphatic carbocycles. The van der Waals surface area contributed by atoms with Crippen LogP contribution < -0.4 is 14.2 Å². The molecule has 1 heterocycles. The number of nitrogens with one attached hydrogen (secondary N) is 1. The molecule has 1 N–H and O–H groups in total. The quantitative estimate of drug-likeness (QED) is 0.775. The molecule has 0 spiro atoms. The van der Waals surface area contributed by atoms with Gasteiger partial charge in [-0.3, -0.25) is 0 Å². The molecule has 0 saturated heterocycles. The molecule has 21 heavy (non-hydrogen) atoms. The molecule has 0 radical (unpaired) electrons. The second-order valence-corrected chi connectivity index (χ2v) is 4.69. The molecule has 108 valence electrons. The van der Waals surface area contributed by atoms with E-state index in [-0.39, 0.29) is 0 Å². The SMILES string of the molecule is COc1ccc(COc2ccc3[nH]ccc3c2)c(OC)c1. The van der Waals surface area contributed by atoms with Crippen molar-refractivity contribution >= 4 is 10.9 Å². The topological polar surface area (TPSA) is 43.5 Å². The van der Waals surface area contributed by atoms with Gasteiger partial charge in [0.25, 0.3) is 0 Å². The number of hydrogen-bond acceptors (Lipinski definition) is 3. The zero-order valence-electron chi connectivity index (χ0n) is 12.1. The fourth-order valence-corrected chi connectivity index (χ4v) is 2.25. The van der Waals surface area contributed by atoms with E-state index in [1.165, 1.54) is 0 Å². The van der Waals surface area contributed by atoms with Gasteiger partial charge in [-0.25, -0.2) is 0 Å². The lowest BCUT2D eigenvalue weighted by atomic mass is 10.2. The monoisotopic (exact) mass is 283 g/mol. The third kappa shape index (κ3) is 2.79. The summed E-state index contributed by atoms with van der Waals surface area (Å²) in [4.78, 5) is 3.16. The molecule has 3 aromatic rings. The molecule has 0 saturated carbocycles. The zero-order chi connectivity index (χ0) is 14.7. The fraction of sp³-hybridized carbons (Fsp3) is 0.176. The molecule has 4 heteroatoms. The van der Waals surface area contributed by atoms with Crippen LogP contribution in [0.25, 0.3) is 10.9 Å². The molecule has 4 nitrogen and oxygen atoms in total. The van der Waals surface area contributed by atoms with Gasteiger partial charge in [0.2, 0.25) is 0 Å². The van der Waals surface area contributed by atoms with Crippen LogP contribution in [0.1, 0.15) is 5.56 Å². The van der Waals surface area contributed by atoms with E-state index in [4.69, 9.17) is 14.2 Å². The number of methoxy groups -OCH3 is 2. The highest BCUT2D eigenvalue weighted by Crippen LogP contribution is 2.26. The van der Waals surface area contributed by atoms with Crippen molar-refractivity contribution in [2.45, 2.75) is 6.61 Å². The van der Waals surface area contributed by atoms with Crippen LogP contribution in [-0.2, 0) is 6.61 Å². The van der Waals surface area contributed by atoms with Gasteiger partial charge < -0.3 is 19.2 Å². The Balaban J connectivity index is 1.77. The fourth-order valence-electron chi connectivity index (χ4n) is 2.25. The summed E-state index contributed by atoms with van der Waals surface area (Å²) in [6.07, 6.45) is 1.92. The average molecular weight is 283 g/mol. The second-order valence-electron chi connectivity index (χ2n) is 4.69. The minimum absolute atomic E-state index is 0.448. The number of ether oxygens (including phenoxy) is 3. The molecule has 0 fully saturated rings. The number of aromatic nitrogens is 1. The molecule has 0 unspecified atom stereocenters. The molecule has 3 rings (SSSR count). The van der Waals surface area contributed by atoms with E-state index in [0.29, 0.717) is 6.61 Å². The summed E-state index contributed by atoms with van der Waals surface area (Å²) in [5.41, 5.74) is 2.08. The normalized spacial score (nSPS) is 10.6. The number of benzene rings is 2. The van der Waals surface area contributed by atoms with Crippen molar-refractivity contribution < 1.29 is 14.2 Å². The summed E-state index contributed by atoms with van der Waals surface area (Å²) in [6.45, 7) is 0.448. The molecule has 0 aliphatic rings. The molecule has 0 atom stereocenters. The summed E-state index contributed by atoms with van der Waals surface area (Å²) in [6, 6.07) is 13.7. The zero-order valence-corrected chi connectivity index (χ0v) is 12.1. The van der Waals surface area contributed by atoms with Crippen molar-refractivity contribution in [2.75, 3.05) is 14.2 Å². The number of hydrogen-bond donors (Lipinski definition) is 1. The average Bonchev–Trinajstić information content (AvgIpc) is 3.00. The van der Waals surface area contributed by atoms with Gasteiger partial charge in [-0.05, 0) is 36.4 Å². The van der Waals surface area contributed by atoms with Crippen molar-refractivity contribution in [2.24, 2.45) is 0 Å². The van der Waals surface area contributed by atoms with Crippen LogP contribution in [0.3, 0.4) is 0 Å². The van der Waals surface area contributed by atoms with Gasteiger partial charge in [0.1, 0.15) is 23.9 Å². The Morgan fingerprint density at radius 1 is 0.905 bits per heavy atom. The van der Waals surface area contributed by atoms with Crippen molar-refractivity contribution in [3.8, 4) is 17.2 Å². The summed E-state index contributed by atoms with van der Waals surface area (Å²) in [5, 5.41) is 1.13. The van der Waals surface area contributed by atoms with Crippen molar-refractivity contribution in [1.29, 1.82) is 0 Å². The minimum atomic E-state index is 0.448. The van der Waals surface area contributed by atoms with Crippen LogP contribution in [0.4, 0.5) is 0 Å². The molecule has 0 bridgehead atoms. The number of fused-ring (bicyclic) bond motifs is 1. The number of aromatic amines is 1. The maximum absolute atomic E-state index is 5.85. The van der Waals surface area contributed by atoms with Gasteiger partial charge in [-0.2, -0.15) is 0 Å². The van der Waals surface area contributed by atoms with E-state index < -0.39 is 0 Å². The smallest absolute Gasteiger partial charge is 0.129 e. The van der Waals surface area contributed by atoms with E-state index in [1.807, 2.05) is 48.7 Å². The highest BCUT2D eigenvalue weighted by Gasteiger charge is 2.06. The van der Waals surface area contributed by atoms with Crippen molar-refractivity contribution in [3.63, 3.8) is 0 Å². The van der Waals surface area contributed by atoms with Crippen molar-refractivity contribution in [3.05, 3.63) is 54.2 Å². The van der Waals surface area contributed by atoms with E-state index in [0.717, 1.165) is 33.7 Å². The van der Waals surface area contributed by atoms with Crippen molar-refractivity contribution in [1.82, 2.24) is 4.98 Å². The first kappa shape index (κ1) is 13.4. The van der Waals surface area contributed by atoms with E-state index in [9.17, 15) is 0 Å². The third-order valence-corrected chi connectivity index (χ3v) is 3.41. The lowest BCUT2D eigenvalue weighted by Gasteiger charge is -2.11. The Morgan fingerprint density at radius 3 is 2.57 bits per heavy atom. The Labute approximate surface area is 123 Å². The van der Waals surface area contributed by atoms with Crippen LogP contribution >= 0.6 is 0 Å². The number of rotatable bonds is 5. The Morgan fingerprint density at radius 2 is 1.76 bits per heavy atom. The lowest BCUT2D eigenvalue weighted by molar-refractivity contribution is 0.296. The Bertz CT molecular complexity index is 749. The maximum atomic E-state index is 5.85. The van der Waals surface area contributed by atoms with Crippen LogP contribution in [0, 0.1) is 0 Å². The molecule has 2 aromatic carbocycles. The van der Waals surface area contributed by atoms with Gasteiger partial charge in [0.15, 0.2) is 0 Å². The second kappa shape index (κ2) is 5.79. The number of H-pyrrole nitrogens is 1. The van der Waals surface area contributed by atoms with Gasteiger partial charge in [-0.15, -0.1) is 0 Å². The van der Waals surface area contributed by atoms with Crippen LogP contribution in [0.15, 0.2) is 48.7 Å². The minimum Gasteiger partial charge on any atom is -0.497 e. The van der Waals surface area contributed by atoms with E-state index >= 15 is 0 Å². The first-order valence-electron chi connectivity index (χ1n) is 6.71. The summed E-state index contributed by atoms with van der Waals surface area (Å²) >= 11 is 0. The van der Waals surface area contributed by atoms with Crippen LogP contribution in [0.2, 0.25) is 0 Å². The largest absolute Gasteiger partial charge is 0.497 e. The first-order valence-corrected chi connectivity index (χ1v) is 6.71. The van der Waals surface area contributed by atoms with E-state index in [2.05, 4.69) is 4.98 Å². The predicted molar refractivity (Wildman–Crippen MR) is 82.2 cm³/mol. The molecule has 0 amide bonds. The molecular weight excluding hydrogens is 266 g/mol. The highest BCUT2D eigenvalue weighted by molar-refractivity contribution is 5.80. The van der Waals surface area contributed by atoms with Gasteiger partial charge >= 0.3 is 0 Å². The highest BCUT2D eigenvalue weighted by atomic mass is 16.5. The first-order chi connectivity index (χ1) is 10.3. The van der Waals surface area contributed by atoms with Crippen LogP contribution in [-0.4, -0.2) is 19.2 Å². The van der Waals surface area contributed by atoms with E-state index in [1.54, 1.807) is 14.2 Å². The summed E-state index contributed by atoms with van der Waals surface area (Å²) in [5.74, 6) is 2.36. The predicted octanol–water partition coefficient (Wildman–Crippen LogP) is 3.76. The van der Waals surface area contributed by atoms with Gasteiger partial charge in [0.05, 0.1) is 14.2 Å². The van der Waals surface area contributed by atoms with Crippen LogP contribution in [0.5, 0.6) is 17.2 Å². The Hall–Kier alpha value is -2.62. The lowest BCUT2D eigenvalue weighted by Crippen LogP contribution is -1.99. The summed E-state index contributed by atoms with van der Waals surface area (Å²) in [7, 11) is 3.28. The van der Waals surface area contributed by atoms with Gasteiger partial charge in [0, 0.05) is 28.7 Å². The molecule has 1 aromatic heterocycles. The third-order valence-electron chi connectivity index (χ3n) is 3.41. The maximum Gasteiger partial charge on any atom is 0.129 e. The molecular formula is C17H17NO3. The molecule has 0 aliphatic heterocycles.